The van der Waals surface area contributed by atoms with Crippen LogP contribution in [-0.4, -0.2) is 19.1 Å². The first-order valence-corrected chi connectivity index (χ1v) is 8.25. The molecule has 0 atom stereocenters. The third kappa shape index (κ3) is 3.67. The Kier molecular flexibility index (Phi) is 5.18. The molecule has 0 bridgehead atoms. The maximum absolute atomic E-state index is 14.7. The van der Waals surface area contributed by atoms with Gasteiger partial charge in [0.25, 0.3) is 5.91 Å². The molecule has 2 N–H and O–H groups in total. The number of aryl methyl sites for hydroxylation is 2. The zero-order valence-corrected chi connectivity index (χ0v) is 14.5. The van der Waals surface area contributed by atoms with Gasteiger partial charge in [-0.15, -0.1) is 0 Å². The predicted molar refractivity (Wildman–Crippen MR) is 92.3 cm³/mol. The average molecular weight is 364 g/mol. The average Bonchev–Trinajstić information content (AvgIpc) is 2.60. The van der Waals surface area contributed by atoms with Crippen molar-refractivity contribution < 1.29 is 22.7 Å². The summed E-state index contributed by atoms with van der Waals surface area (Å²) < 4.78 is 44.1. The summed E-state index contributed by atoms with van der Waals surface area (Å²) >= 11 is 0. The Morgan fingerprint density at radius 1 is 1.23 bits per heavy atom. The molecule has 0 saturated heterocycles. The lowest BCUT2D eigenvalue weighted by Gasteiger charge is -2.19. The fourth-order valence-corrected chi connectivity index (χ4v) is 3.18. The van der Waals surface area contributed by atoms with Crippen LogP contribution in [0.25, 0.3) is 0 Å². The summed E-state index contributed by atoms with van der Waals surface area (Å²) in [6, 6.07) is 6.21. The van der Waals surface area contributed by atoms with E-state index in [1.165, 1.54) is 18.2 Å². The number of fused-ring (bicyclic) bond motifs is 1. The van der Waals surface area contributed by atoms with E-state index >= 15 is 0 Å². The van der Waals surface area contributed by atoms with Gasteiger partial charge in [0, 0.05) is 12.1 Å². The van der Waals surface area contributed by atoms with Crippen molar-refractivity contribution in [2.45, 2.75) is 33.4 Å². The number of hydrogen-bond acceptors (Lipinski definition) is 3. The van der Waals surface area contributed by atoms with E-state index in [4.69, 9.17) is 0 Å². The lowest BCUT2D eigenvalue weighted by molar-refractivity contribution is -0.0507. The number of nitrogens with one attached hydrogen (secondary N) is 2. The highest BCUT2D eigenvalue weighted by molar-refractivity contribution is 6.04. The normalized spacial score (nSPS) is 13.5. The molecule has 1 aliphatic heterocycles. The molecule has 0 aliphatic carbocycles. The molecule has 1 aliphatic rings. The maximum atomic E-state index is 14.7. The topological polar surface area (TPSA) is 50.4 Å². The summed E-state index contributed by atoms with van der Waals surface area (Å²) in [7, 11) is 0. The van der Waals surface area contributed by atoms with Crippen LogP contribution in [0.3, 0.4) is 0 Å². The molecule has 1 heterocycles. The summed E-state index contributed by atoms with van der Waals surface area (Å²) in [6.07, 6.45) is 0.558. The summed E-state index contributed by atoms with van der Waals surface area (Å²) in [6.45, 7) is 1.50. The van der Waals surface area contributed by atoms with E-state index in [0.29, 0.717) is 36.2 Å². The molecule has 26 heavy (non-hydrogen) atoms. The predicted octanol–water partition coefficient (Wildman–Crippen LogP) is 3.94. The van der Waals surface area contributed by atoms with Crippen molar-refractivity contribution in [3.8, 4) is 5.75 Å². The van der Waals surface area contributed by atoms with Gasteiger partial charge in [0.1, 0.15) is 11.6 Å². The monoisotopic (exact) mass is 364 g/mol. The first-order valence-electron chi connectivity index (χ1n) is 8.25. The van der Waals surface area contributed by atoms with Crippen LogP contribution >= 0.6 is 0 Å². The van der Waals surface area contributed by atoms with E-state index in [0.717, 1.165) is 5.56 Å². The number of amides is 1. The van der Waals surface area contributed by atoms with Crippen molar-refractivity contribution in [2.75, 3.05) is 11.9 Å². The number of anilines is 1. The van der Waals surface area contributed by atoms with E-state index in [9.17, 15) is 18.0 Å². The number of hydrogen-bond donors (Lipinski definition) is 2. The van der Waals surface area contributed by atoms with E-state index in [2.05, 4.69) is 15.4 Å². The van der Waals surface area contributed by atoms with Crippen LogP contribution in [0.15, 0.2) is 24.3 Å². The number of carbonyl (C=O) groups is 1. The Bertz CT molecular complexity index is 830. The quantitative estimate of drug-likeness (QED) is 0.864. The van der Waals surface area contributed by atoms with Crippen molar-refractivity contribution in [1.82, 2.24) is 5.32 Å². The van der Waals surface area contributed by atoms with E-state index in [-0.39, 0.29) is 17.0 Å². The van der Waals surface area contributed by atoms with Gasteiger partial charge in [-0.3, -0.25) is 4.79 Å². The van der Waals surface area contributed by atoms with Gasteiger partial charge in [-0.05, 0) is 67.3 Å². The van der Waals surface area contributed by atoms with E-state index in [1.54, 1.807) is 19.9 Å². The molecule has 1 amide bonds. The maximum Gasteiger partial charge on any atom is 0.387 e. The van der Waals surface area contributed by atoms with Gasteiger partial charge in [0.2, 0.25) is 0 Å². The van der Waals surface area contributed by atoms with Gasteiger partial charge < -0.3 is 15.4 Å². The lowest BCUT2D eigenvalue weighted by Crippen LogP contribution is -2.25. The van der Waals surface area contributed by atoms with Crippen molar-refractivity contribution >= 4 is 11.6 Å². The molecule has 0 saturated carbocycles. The largest absolute Gasteiger partial charge is 0.434 e. The molecule has 2 aromatic rings. The number of rotatable bonds is 4. The second-order valence-corrected chi connectivity index (χ2v) is 6.26. The van der Waals surface area contributed by atoms with Crippen LogP contribution in [0, 0.1) is 19.7 Å². The molecule has 3 rings (SSSR count). The SMILES string of the molecule is Cc1cc(C(=O)Nc2ccc3c(c2F)CCNC3)cc(C)c1OC(F)F. The van der Waals surface area contributed by atoms with E-state index in [1.807, 2.05) is 0 Å². The molecule has 0 radical (unpaired) electrons. The lowest BCUT2D eigenvalue weighted by atomic mass is 9.99. The van der Waals surface area contributed by atoms with Crippen LogP contribution < -0.4 is 15.4 Å². The summed E-state index contributed by atoms with van der Waals surface area (Å²) in [5.74, 6) is -0.889. The third-order valence-corrected chi connectivity index (χ3v) is 4.39. The second-order valence-electron chi connectivity index (χ2n) is 6.26. The molecular formula is C19H19F3N2O2. The van der Waals surface area contributed by atoms with Crippen LogP contribution in [-0.2, 0) is 13.0 Å². The van der Waals surface area contributed by atoms with Gasteiger partial charge in [-0.25, -0.2) is 4.39 Å². The molecule has 0 fully saturated rings. The molecule has 4 nitrogen and oxygen atoms in total. The van der Waals surface area contributed by atoms with Gasteiger partial charge in [0.05, 0.1) is 5.69 Å². The summed E-state index contributed by atoms with van der Waals surface area (Å²) in [5.41, 5.74) is 2.67. The second kappa shape index (κ2) is 7.37. The number of halogens is 3. The number of ether oxygens (including phenoxy) is 1. The minimum absolute atomic E-state index is 0.0454. The first kappa shape index (κ1) is 18.3. The number of carbonyl (C=O) groups excluding carboxylic acids is 1. The summed E-state index contributed by atoms with van der Waals surface area (Å²) in [5, 5.41) is 5.73. The minimum atomic E-state index is -2.94. The Morgan fingerprint density at radius 2 is 1.92 bits per heavy atom. The molecule has 0 unspecified atom stereocenters. The number of alkyl halides is 2. The zero-order chi connectivity index (χ0) is 18.8. The molecule has 0 aromatic heterocycles. The van der Waals surface area contributed by atoms with Gasteiger partial charge in [-0.2, -0.15) is 8.78 Å². The smallest absolute Gasteiger partial charge is 0.387 e. The Labute approximate surface area is 149 Å². The number of benzene rings is 2. The van der Waals surface area contributed by atoms with Crippen LogP contribution in [0.2, 0.25) is 0 Å². The summed E-state index contributed by atoms with van der Waals surface area (Å²) in [4.78, 5) is 12.5. The van der Waals surface area contributed by atoms with Crippen molar-refractivity contribution in [2.24, 2.45) is 0 Å². The Balaban J connectivity index is 1.85. The first-order chi connectivity index (χ1) is 12.4. The minimum Gasteiger partial charge on any atom is -0.434 e. The molecule has 0 spiro atoms. The Hall–Kier alpha value is -2.54. The fourth-order valence-electron chi connectivity index (χ4n) is 3.18. The highest BCUT2D eigenvalue weighted by Gasteiger charge is 2.19. The van der Waals surface area contributed by atoms with Crippen LogP contribution in [0.1, 0.15) is 32.6 Å². The van der Waals surface area contributed by atoms with Gasteiger partial charge in [-0.1, -0.05) is 6.07 Å². The van der Waals surface area contributed by atoms with Gasteiger partial charge >= 0.3 is 6.61 Å². The molecular weight excluding hydrogens is 345 g/mol. The fraction of sp³-hybridized carbons (Fsp3) is 0.316. The highest BCUT2D eigenvalue weighted by atomic mass is 19.3. The molecule has 7 heteroatoms. The Morgan fingerprint density at radius 3 is 2.58 bits per heavy atom. The van der Waals surface area contributed by atoms with Crippen molar-refractivity contribution in [3.63, 3.8) is 0 Å². The van der Waals surface area contributed by atoms with Crippen molar-refractivity contribution in [1.29, 1.82) is 0 Å². The van der Waals surface area contributed by atoms with Gasteiger partial charge in [0.15, 0.2) is 0 Å². The standard InChI is InChI=1S/C19H19F3N2O2/c1-10-7-13(8-11(2)17(10)26-19(21)22)18(25)24-15-4-3-12-9-23-6-5-14(12)16(15)20/h3-4,7-8,19,23H,5-6,9H2,1-2H3,(H,24,25). The van der Waals surface area contributed by atoms with Crippen LogP contribution in [0.5, 0.6) is 5.75 Å². The van der Waals surface area contributed by atoms with Crippen LogP contribution in [0.4, 0.5) is 18.9 Å². The molecule has 138 valence electrons. The zero-order valence-electron chi connectivity index (χ0n) is 14.5. The highest BCUT2D eigenvalue weighted by Crippen LogP contribution is 2.28. The van der Waals surface area contributed by atoms with E-state index < -0.39 is 18.3 Å². The third-order valence-electron chi connectivity index (χ3n) is 4.39. The molecule has 2 aromatic carbocycles. The van der Waals surface area contributed by atoms with Crippen molar-refractivity contribution in [3.05, 3.63) is 57.9 Å².